The van der Waals surface area contributed by atoms with Crippen molar-refractivity contribution >= 4 is 23.3 Å². The minimum atomic E-state index is -0.151. The Morgan fingerprint density at radius 1 is 1.10 bits per heavy atom. The summed E-state index contributed by atoms with van der Waals surface area (Å²) in [6, 6.07) is 16.0. The number of nitriles is 1. The van der Waals surface area contributed by atoms with Gasteiger partial charge in [0.05, 0.1) is 18.2 Å². The molecular weight excluding hydrogens is 404 g/mol. The van der Waals surface area contributed by atoms with E-state index >= 15 is 0 Å². The first-order valence-corrected chi connectivity index (χ1v) is 9.85. The van der Waals surface area contributed by atoms with Crippen LogP contribution in [-0.4, -0.2) is 52.2 Å². The lowest BCUT2D eigenvalue weighted by molar-refractivity contribution is 0.133. The van der Waals surface area contributed by atoms with Gasteiger partial charge in [0, 0.05) is 42.5 Å². The van der Waals surface area contributed by atoms with Gasteiger partial charge < -0.3 is 14.7 Å². The molecule has 2 amide bonds. The van der Waals surface area contributed by atoms with Gasteiger partial charge in [0.1, 0.15) is 0 Å². The number of urea groups is 1. The lowest BCUT2D eigenvalue weighted by atomic mass is 10.2. The van der Waals surface area contributed by atoms with Gasteiger partial charge in [-0.3, -0.25) is 4.90 Å². The molecule has 0 spiro atoms. The minimum Gasteiger partial charge on any atom is -0.338 e. The maximum atomic E-state index is 12.5. The molecule has 2 heterocycles. The van der Waals surface area contributed by atoms with Gasteiger partial charge >= 0.3 is 6.03 Å². The smallest absolute Gasteiger partial charge is 0.321 e. The highest BCUT2D eigenvalue weighted by Gasteiger charge is 2.22. The van der Waals surface area contributed by atoms with Crippen LogP contribution in [0.4, 0.5) is 10.5 Å². The molecule has 2 aromatic carbocycles. The number of nitrogens with zero attached hydrogens (tertiary/aromatic N) is 5. The predicted molar refractivity (Wildman–Crippen MR) is 112 cm³/mol. The topological polar surface area (TPSA) is 98.3 Å². The fourth-order valence-corrected chi connectivity index (χ4v) is 3.29. The molecule has 0 atom stereocenters. The van der Waals surface area contributed by atoms with Gasteiger partial charge in [0.2, 0.25) is 11.7 Å². The monoisotopic (exact) mass is 422 g/mol. The maximum absolute atomic E-state index is 12.5. The Labute approximate surface area is 178 Å². The van der Waals surface area contributed by atoms with E-state index in [1.165, 1.54) is 0 Å². The maximum Gasteiger partial charge on any atom is 0.321 e. The molecule has 3 aromatic rings. The first-order chi connectivity index (χ1) is 14.6. The van der Waals surface area contributed by atoms with Crippen molar-refractivity contribution in [2.45, 2.75) is 6.54 Å². The van der Waals surface area contributed by atoms with E-state index in [9.17, 15) is 4.79 Å². The summed E-state index contributed by atoms with van der Waals surface area (Å²) >= 11 is 5.91. The van der Waals surface area contributed by atoms with E-state index in [4.69, 9.17) is 21.4 Å². The molecule has 9 heteroatoms. The predicted octanol–water partition coefficient (Wildman–Crippen LogP) is 3.61. The lowest BCUT2D eigenvalue weighted by Gasteiger charge is -2.33. The van der Waals surface area contributed by atoms with Crippen molar-refractivity contribution in [2.24, 2.45) is 0 Å². The quantitative estimate of drug-likeness (QED) is 0.689. The van der Waals surface area contributed by atoms with E-state index in [0.29, 0.717) is 60.7 Å². The van der Waals surface area contributed by atoms with Gasteiger partial charge in [-0.25, -0.2) is 4.79 Å². The van der Waals surface area contributed by atoms with E-state index < -0.39 is 0 Å². The number of hydrogen-bond donors (Lipinski definition) is 1. The Bertz CT molecular complexity index is 1050. The Balaban J connectivity index is 1.28. The molecule has 1 aromatic heterocycles. The SMILES string of the molecule is N#Cc1ccc(NC(=O)N2CCN(Cc3nc(-c4ccc(Cl)cc4)no3)CC2)cc1. The first kappa shape index (κ1) is 19.9. The van der Waals surface area contributed by atoms with Gasteiger partial charge in [-0.2, -0.15) is 10.2 Å². The molecule has 152 valence electrons. The van der Waals surface area contributed by atoms with Crippen LogP contribution in [0.2, 0.25) is 5.02 Å². The number of nitrogens with one attached hydrogen (secondary N) is 1. The van der Waals surface area contributed by atoms with Gasteiger partial charge in [-0.1, -0.05) is 16.8 Å². The number of carbonyl (C=O) groups excluding carboxylic acids is 1. The number of halogens is 1. The van der Waals surface area contributed by atoms with Crippen LogP contribution in [0, 0.1) is 11.3 Å². The van der Waals surface area contributed by atoms with Crippen molar-refractivity contribution in [3.05, 3.63) is 65.0 Å². The zero-order valence-electron chi connectivity index (χ0n) is 16.1. The third-order valence-electron chi connectivity index (χ3n) is 4.85. The van der Waals surface area contributed by atoms with Crippen LogP contribution in [-0.2, 0) is 6.54 Å². The number of anilines is 1. The molecule has 1 aliphatic rings. The van der Waals surface area contributed by atoms with Gasteiger partial charge in [0.15, 0.2) is 0 Å². The van der Waals surface area contributed by atoms with E-state index in [1.807, 2.05) is 12.1 Å². The molecule has 1 aliphatic heterocycles. The van der Waals surface area contributed by atoms with Crippen LogP contribution >= 0.6 is 11.6 Å². The number of piperazine rings is 1. The van der Waals surface area contributed by atoms with Gasteiger partial charge in [0.25, 0.3) is 0 Å². The van der Waals surface area contributed by atoms with Crippen molar-refractivity contribution in [1.82, 2.24) is 19.9 Å². The number of carbonyl (C=O) groups is 1. The van der Waals surface area contributed by atoms with Crippen LogP contribution in [0.1, 0.15) is 11.5 Å². The third-order valence-corrected chi connectivity index (χ3v) is 5.11. The average Bonchev–Trinajstić information content (AvgIpc) is 3.23. The fourth-order valence-electron chi connectivity index (χ4n) is 3.17. The number of rotatable bonds is 4. The molecule has 0 saturated carbocycles. The van der Waals surface area contributed by atoms with Crippen molar-refractivity contribution in [3.8, 4) is 17.5 Å². The normalized spacial score (nSPS) is 14.3. The third kappa shape index (κ3) is 4.76. The summed E-state index contributed by atoms with van der Waals surface area (Å²) in [5.74, 6) is 1.07. The summed E-state index contributed by atoms with van der Waals surface area (Å²) in [6.45, 7) is 3.14. The Hall–Kier alpha value is -3.41. The van der Waals surface area contributed by atoms with Crippen molar-refractivity contribution in [2.75, 3.05) is 31.5 Å². The molecule has 0 aliphatic carbocycles. The highest BCUT2D eigenvalue weighted by Crippen LogP contribution is 2.19. The summed E-state index contributed by atoms with van der Waals surface area (Å²) < 4.78 is 5.37. The number of aromatic nitrogens is 2. The van der Waals surface area contributed by atoms with Crippen molar-refractivity contribution in [1.29, 1.82) is 5.26 Å². The van der Waals surface area contributed by atoms with Crippen LogP contribution in [0.5, 0.6) is 0 Å². The average molecular weight is 423 g/mol. The van der Waals surface area contributed by atoms with Crippen LogP contribution in [0.25, 0.3) is 11.4 Å². The summed E-state index contributed by atoms with van der Waals surface area (Å²) in [7, 11) is 0. The van der Waals surface area contributed by atoms with Crippen molar-refractivity contribution < 1.29 is 9.32 Å². The molecular formula is C21H19ClN6O2. The number of benzene rings is 2. The van der Waals surface area contributed by atoms with E-state index in [1.54, 1.807) is 41.3 Å². The molecule has 0 unspecified atom stereocenters. The van der Waals surface area contributed by atoms with E-state index in [0.717, 1.165) is 5.56 Å². The van der Waals surface area contributed by atoms with Crippen LogP contribution < -0.4 is 5.32 Å². The molecule has 1 N–H and O–H groups in total. The summed E-state index contributed by atoms with van der Waals surface area (Å²) in [6.07, 6.45) is 0. The second kappa shape index (κ2) is 8.95. The summed E-state index contributed by atoms with van der Waals surface area (Å²) in [5, 5.41) is 16.4. The molecule has 0 radical (unpaired) electrons. The molecule has 0 bridgehead atoms. The zero-order valence-corrected chi connectivity index (χ0v) is 16.8. The van der Waals surface area contributed by atoms with E-state index in [2.05, 4.69) is 26.4 Å². The molecule has 8 nitrogen and oxygen atoms in total. The van der Waals surface area contributed by atoms with Gasteiger partial charge in [-0.05, 0) is 48.5 Å². The minimum absolute atomic E-state index is 0.151. The van der Waals surface area contributed by atoms with Crippen LogP contribution in [0.15, 0.2) is 53.1 Å². The van der Waals surface area contributed by atoms with Crippen LogP contribution in [0.3, 0.4) is 0 Å². The Kier molecular flexibility index (Phi) is 5.93. The number of hydrogen-bond acceptors (Lipinski definition) is 6. The fraction of sp³-hybridized carbons (Fsp3) is 0.238. The van der Waals surface area contributed by atoms with E-state index in [-0.39, 0.29) is 6.03 Å². The van der Waals surface area contributed by atoms with Gasteiger partial charge in [-0.15, -0.1) is 0 Å². The molecule has 1 saturated heterocycles. The standard InChI is InChI=1S/C21H19ClN6O2/c22-17-5-3-16(4-6-17)20-25-19(30-26-20)14-27-9-11-28(12-10-27)21(29)24-18-7-1-15(13-23)2-8-18/h1-8H,9-12,14H2,(H,24,29). The highest BCUT2D eigenvalue weighted by molar-refractivity contribution is 6.30. The number of amides is 2. The second-order valence-corrected chi connectivity index (χ2v) is 7.34. The first-order valence-electron chi connectivity index (χ1n) is 9.48. The molecule has 1 fully saturated rings. The second-order valence-electron chi connectivity index (χ2n) is 6.90. The Morgan fingerprint density at radius 3 is 2.47 bits per heavy atom. The summed E-state index contributed by atoms with van der Waals surface area (Å²) in [4.78, 5) is 20.8. The molecule has 30 heavy (non-hydrogen) atoms. The zero-order chi connectivity index (χ0) is 20.9. The Morgan fingerprint density at radius 2 is 1.80 bits per heavy atom. The largest absolute Gasteiger partial charge is 0.338 e. The van der Waals surface area contributed by atoms with Crippen molar-refractivity contribution in [3.63, 3.8) is 0 Å². The lowest BCUT2D eigenvalue weighted by Crippen LogP contribution is -2.49. The molecule has 4 rings (SSSR count). The summed E-state index contributed by atoms with van der Waals surface area (Å²) in [5.41, 5.74) is 2.07. The highest BCUT2D eigenvalue weighted by atomic mass is 35.5.